The first kappa shape index (κ1) is 18.9. The van der Waals surface area contributed by atoms with E-state index >= 15 is 0 Å². The smallest absolute Gasteiger partial charge is 0.120 e. The molecule has 2 aliphatic rings. The predicted octanol–water partition coefficient (Wildman–Crippen LogP) is 6.01. The van der Waals surface area contributed by atoms with Crippen LogP contribution in [-0.4, -0.2) is 18.0 Å². The van der Waals surface area contributed by atoms with Crippen molar-refractivity contribution in [3.63, 3.8) is 0 Å². The van der Waals surface area contributed by atoms with Gasteiger partial charge in [-0.2, -0.15) is 0 Å². The molecule has 0 radical (unpaired) electrons. The van der Waals surface area contributed by atoms with Crippen molar-refractivity contribution in [3.05, 3.63) is 82.6 Å². The topological polar surface area (TPSA) is 12.5 Å². The lowest BCUT2D eigenvalue weighted by Crippen LogP contribution is -2.27. The molecule has 146 valence electrons. The maximum atomic E-state index is 6.10. The molecule has 0 aromatic heterocycles. The van der Waals surface area contributed by atoms with Crippen molar-refractivity contribution in [2.75, 3.05) is 13.1 Å². The molecule has 0 unspecified atom stereocenters. The molecule has 2 heteroatoms. The van der Waals surface area contributed by atoms with Crippen LogP contribution in [0.3, 0.4) is 0 Å². The lowest BCUT2D eigenvalue weighted by atomic mass is 9.86. The quantitative estimate of drug-likeness (QED) is 0.589. The third-order valence-electron chi connectivity index (χ3n) is 5.83. The Bertz CT molecular complexity index is 889. The van der Waals surface area contributed by atoms with Gasteiger partial charge in [-0.25, -0.2) is 0 Å². The maximum Gasteiger partial charge on any atom is 0.120 e. The van der Waals surface area contributed by atoms with Crippen molar-refractivity contribution in [1.82, 2.24) is 4.90 Å². The van der Waals surface area contributed by atoms with E-state index in [0.29, 0.717) is 12.5 Å². The molecule has 4 rings (SSSR count). The van der Waals surface area contributed by atoms with Gasteiger partial charge in [0.15, 0.2) is 0 Å². The number of ether oxygens (including phenoxy) is 1. The molecule has 0 atom stereocenters. The van der Waals surface area contributed by atoms with Gasteiger partial charge in [0.05, 0.1) is 0 Å². The second kappa shape index (κ2) is 8.26. The molecular formula is C26H31NO. The summed E-state index contributed by atoms with van der Waals surface area (Å²) in [4.78, 5) is 2.38. The standard InChI is InChI=1S/C26H31NO/c1-19(2)15-21-5-7-22(8-6-21)18-28-25-11-12-26-20(3)24(10-9-23(26)16-25)17-27-13-4-14-27/h4-8,11-13,16,19H,9-10,14-15,17-18H2,1-3H3. The summed E-state index contributed by atoms with van der Waals surface area (Å²) in [5.74, 6) is 1.67. The second-order valence-electron chi connectivity index (χ2n) is 8.56. The van der Waals surface area contributed by atoms with Crippen LogP contribution in [0.4, 0.5) is 0 Å². The van der Waals surface area contributed by atoms with Gasteiger partial charge in [0.1, 0.15) is 12.4 Å². The largest absolute Gasteiger partial charge is 0.489 e. The third kappa shape index (κ3) is 4.32. The van der Waals surface area contributed by atoms with Gasteiger partial charge in [-0.3, -0.25) is 0 Å². The summed E-state index contributed by atoms with van der Waals surface area (Å²) in [5, 5.41) is 0. The highest BCUT2D eigenvalue weighted by Crippen LogP contribution is 2.34. The molecular weight excluding hydrogens is 342 g/mol. The van der Waals surface area contributed by atoms with E-state index in [-0.39, 0.29) is 0 Å². The van der Waals surface area contributed by atoms with Crippen LogP contribution in [0, 0.1) is 5.92 Å². The van der Waals surface area contributed by atoms with E-state index < -0.39 is 0 Å². The monoisotopic (exact) mass is 373 g/mol. The summed E-state index contributed by atoms with van der Waals surface area (Å²) in [5.41, 5.74) is 8.48. The normalized spacial score (nSPS) is 15.6. The van der Waals surface area contributed by atoms with E-state index in [1.165, 1.54) is 27.8 Å². The molecule has 2 nitrogen and oxygen atoms in total. The number of rotatable bonds is 7. The Labute approximate surface area is 169 Å². The SMILES string of the molecule is CC1=C(CN2C=CC2)CCc2cc(OCc3ccc(CC(C)C)cc3)ccc21. The zero-order chi connectivity index (χ0) is 19.5. The van der Waals surface area contributed by atoms with Crippen molar-refractivity contribution in [2.45, 2.75) is 46.6 Å². The average molecular weight is 374 g/mol. The number of hydrogen-bond donors (Lipinski definition) is 0. The lowest BCUT2D eigenvalue weighted by Gasteiger charge is -2.30. The minimum absolute atomic E-state index is 0.627. The van der Waals surface area contributed by atoms with Crippen LogP contribution in [-0.2, 0) is 19.4 Å². The molecule has 2 aromatic rings. The van der Waals surface area contributed by atoms with Gasteiger partial charge in [0.2, 0.25) is 0 Å². The van der Waals surface area contributed by atoms with Crippen LogP contribution in [0.5, 0.6) is 5.75 Å². The van der Waals surface area contributed by atoms with Gasteiger partial charge in [-0.1, -0.05) is 44.2 Å². The number of benzene rings is 2. The van der Waals surface area contributed by atoms with Gasteiger partial charge in [-0.15, -0.1) is 0 Å². The van der Waals surface area contributed by atoms with Gasteiger partial charge < -0.3 is 9.64 Å². The molecule has 0 saturated heterocycles. The van der Waals surface area contributed by atoms with Crippen LogP contribution in [0.1, 0.15) is 49.4 Å². The first-order valence-corrected chi connectivity index (χ1v) is 10.5. The third-order valence-corrected chi connectivity index (χ3v) is 5.83. The van der Waals surface area contributed by atoms with Crippen LogP contribution in [0.2, 0.25) is 0 Å². The fraction of sp³-hybridized carbons (Fsp3) is 0.385. The summed E-state index contributed by atoms with van der Waals surface area (Å²) in [7, 11) is 0. The van der Waals surface area contributed by atoms with E-state index in [0.717, 1.165) is 38.1 Å². The van der Waals surface area contributed by atoms with Gasteiger partial charge in [-0.05, 0) is 89.9 Å². The highest BCUT2D eigenvalue weighted by molar-refractivity contribution is 5.72. The van der Waals surface area contributed by atoms with Gasteiger partial charge in [0.25, 0.3) is 0 Å². The summed E-state index contributed by atoms with van der Waals surface area (Å²) in [6, 6.07) is 15.5. The maximum absolute atomic E-state index is 6.10. The zero-order valence-electron chi connectivity index (χ0n) is 17.4. The molecule has 2 aromatic carbocycles. The van der Waals surface area contributed by atoms with Crippen molar-refractivity contribution in [1.29, 1.82) is 0 Å². The molecule has 0 amide bonds. The number of aryl methyl sites for hydroxylation is 1. The van der Waals surface area contributed by atoms with Crippen molar-refractivity contribution in [3.8, 4) is 5.75 Å². The molecule has 1 heterocycles. The van der Waals surface area contributed by atoms with E-state index in [4.69, 9.17) is 4.74 Å². The second-order valence-corrected chi connectivity index (χ2v) is 8.56. The number of allylic oxidation sites excluding steroid dienone is 1. The summed E-state index contributed by atoms with van der Waals surface area (Å²) >= 11 is 0. The molecule has 0 spiro atoms. The van der Waals surface area contributed by atoms with E-state index in [9.17, 15) is 0 Å². The molecule has 1 aliphatic heterocycles. The Kier molecular flexibility index (Phi) is 5.57. The number of hydrogen-bond acceptors (Lipinski definition) is 2. The van der Waals surface area contributed by atoms with Crippen LogP contribution in [0.25, 0.3) is 5.57 Å². The van der Waals surface area contributed by atoms with Crippen LogP contribution in [0.15, 0.2) is 60.3 Å². The Morgan fingerprint density at radius 2 is 1.75 bits per heavy atom. The molecule has 1 aliphatic carbocycles. The average Bonchev–Trinajstić information content (AvgIpc) is 2.65. The Hall–Kier alpha value is -2.48. The number of fused-ring (bicyclic) bond motifs is 1. The molecule has 0 fully saturated rings. The molecule has 0 bridgehead atoms. The minimum atomic E-state index is 0.627. The summed E-state index contributed by atoms with van der Waals surface area (Å²) in [6.07, 6.45) is 7.82. The Morgan fingerprint density at radius 1 is 1.00 bits per heavy atom. The predicted molar refractivity (Wildman–Crippen MR) is 117 cm³/mol. The first-order chi connectivity index (χ1) is 13.6. The van der Waals surface area contributed by atoms with Gasteiger partial charge in [0, 0.05) is 13.1 Å². The molecule has 0 N–H and O–H groups in total. The van der Waals surface area contributed by atoms with Crippen molar-refractivity contribution >= 4 is 5.57 Å². The van der Waals surface area contributed by atoms with Crippen molar-refractivity contribution < 1.29 is 4.74 Å². The van der Waals surface area contributed by atoms with E-state index in [1.54, 1.807) is 5.57 Å². The fourth-order valence-corrected chi connectivity index (χ4v) is 4.12. The Morgan fingerprint density at radius 3 is 2.43 bits per heavy atom. The summed E-state index contributed by atoms with van der Waals surface area (Å²) < 4.78 is 6.10. The summed E-state index contributed by atoms with van der Waals surface area (Å²) in [6.45, 7) is 9.59. The zero-order valence-corrected chi connectivity index (χ0v) is 17.4. The number of nitrogens with zero attached hydrogens (tertiary/aromatic N) is 1. The first-order valence-electron chi connectivity index (χ1n) is 10.5. The highest BCUT2D eigenvalue weighted by atomic mass is 16.5. The highest BCUT2D eigenvalue weighted by Gasteiger charge is 2.18. The van der Waals surface area contributed by atoms with Crippen LogP contribution < -0.4 is 4.74 Å². The van der Waals surface area contributed by atoms with Crippen LogP contribution >= 0.6 is 0 Å². The fourth-order valence-electron chi connectivity index (χ4n) is 4.12. The lowest BCUT2D eigenvalue weighted by molar-refractivity contribution is 0.306. The minimum Gasteiger partial charge on any atom is -0.489 e. The van der Waals surface area contributed by atoms with Gasteiger partial charge >= 0.3 is 0 Å². The van der Waals surface area contributed by atoms with Crippen molar-refractivity contribution in [2.24, 2.45) is 5.92 Å². The molecule has 28 heavy (non-hydrogen) atoms. The molecule has 0 saturated carbocycles. The Balaban J connectivity index is 1.40. The van der Waals surface area contributed by atoms with E-state index in [2.05, 4.69) is 80.4 Å². The van der Waals surface area contributed by atoms with E-state index in [1.807, 2.05) is 0 Å².